The molecule has 1 amide bonds. The van der Waals surface area contributed by atoms with E-state index in [2.05, 4.69) is 10.3 Å². The third-order valence-corrected chi connectivity index (χ3v) is 4.12. The topological polar surface area (TPSA) is 51.2 Å². The smallest absolute Gasteiger partial charge is 0.349 e. The molecule has 2 aromatic rings. The van der Waals surface area contributed by atoms with E-state index in [1.165, 1.54) is 12.4 Å². The number of hydrogen-bond acceptors (Lipinski definition) is 3. The van der Waals surface area contributed by atoms with Crippen LogP contribution in [0.1, 0.15) is 30.1 Å². The minimum atomic E-state index is -3.58. The number of rotatable bonds is 4. The van der Waals surface area contributed by atoms with Crippen molar-refractivity contribution in [3.63, 3.8) is 0 Å². The van der Waals surface area contributed by atoms with Crippen molar-refractivity contribution < 1.29 is 18.3 Å². The molecule has 0 radical (unpaired) electrons. The Morgan fingerprint density at radius 2 is 1.88 bits per heavy atom. The summed E-state index contributed by atoms with van der Waals surface area (Å²) in [6, 6.07) is 11.5. The summed E-state index contributed by atoms with van der Waals surface area (Å²) in [6.45, 7) is 0.422. The van der Waals surface area contributed by atoms with Crippen molar-refractivity contribution in [1.29, 1.82) is 0 Å². The summed E-state index contributed by atoms with van der Waals surface area (Å²) >= 11 is 0. The monoisotopic (exact) mass is 332 g/mol. The van der Waals surface area contributed by atoms with Gasteiger partial charge in [0.1, 0.15) is 0 Å². The van der Waals surface area contributed by atoms with Gasteiger partial charge in [0.15, 0.2) is 0 Å². The van der Waals surface area contributed by atoms with E-state index in [-0.39, 0.29) is 17.7 Å². The maximum atomic E-state index is 14.3. The van der Waals surface area contributed by atoms with Gasteiger partial charge in [-0.3, -0.25) is 9.78 Å². The lowest BCUT2D eigenvalue weighted by Crippen LogP contribution is -2.46. The highest BCUT2D eigenvalue weighted by Crippen LogP contribution is 2.31. The molecule has 6 heteroatoms. The van der Waals surface area contributed by atoms with E-state index < -0.39 is 11.8 Å². The molecule has 0 saturated carbocycles. The average molecular weight is 332 g/mol. The third-order valence-electron chi connectivity index (χ3n) is 4.12. The van der Waals surface area contributed by atoms with E-state index in [0.717, 1.165) is 17.7 Å². The van der Waals surface area contributed by atoms with Crippen molar-refractivity contribution in [3.8, 4) is 0 Å². The Balaban J connectivity index is 1.66. The Kier molecular flexibility index (Phi) is 4.85. The fraction of sp³-hybridized carbons (Fsp3) is 0.333. The van der Waals surface area contributed by atoms with Crippen LogP contribution in [-0.4, -0.2) is 23.5 Å². The third kappa shape index (κ3) is 3.59. The average Bonchev–Trinajstić information content (AvgIpc) is 2.63. The lowest BCUT2D eigenvalue weighted by Gasteiger charge is -2.31. The summed E-state index contributed by atoms with van der Waals surface area (Å²) in [5, 5.41) is 2.47. The van der Waals surface area contributed by atoms with Crippen LogP contribution in [0.5, 0.6) is 0 Å². The van der Waals surface area contributed by atoms with E-state index in [0.29, 0.717) is 19.4 Å². The number of alkyl halides is 2. The molecule has 2 heterocycles. The van der Waals surface area contributed by atoms with Crippen LogP contribution in [-0.2, 0) is 15.5 Å². The van der Waals surface area contributed by atoms with Gasteiger partial charge in [0.25, 0.3) is 5.91 Å². The Morgan fingerprint density at radius 1 is 1.17 bits per heavy atom. The number of hydrogen-bond donors (Lipinski definition) is 1. The summed E-state index contributed by atoms with van der Waals surface area (Å²) in [4.78, 5) is 15.8. The second-order valence-corrected chi connectivity index (χ2v) is 5.78. The highest BCUT2D eigenvalue weighted by Gasteiger charge is 2.42. The van der Waals surface area contributed by atoms with Crippen LogP contribution < -0.4 is 5.32 Å². The first kappa shape index (κ1) is 16.5. The van der Waals surface area contributed by atoms with Crippen LogP contribution in [0.25, 0.3) is 0 Å². The van der Waals surface area contributed by atoms with Gasteiger partial charge in [-0.15, -0.1) is 0 Å². The maximum absolute atomic E-state index is 14.3. The fourth-order valence-electron chi connectivity index (χ4n) is 2.80. The molecule has 1 N–H and O–H groups in total. The van der Waals surface area contributed by atoms with E-state index in [9.17, 15) is 13.6 Å². The molecule has 0 aliphatic carbocycles. The molecular formula is C18H18F2N2O2. The molecular weight excluding hydrogens is 314 g/mol. The van der Waals surface area contributed by atoms with Crippen molar-refractivity contribution >= 4 is 5.91 Å². The van der Waals surface area contributed by atoms with Gasteiger partial charge in [-0.25, -0.2) is 0 Å². The summed E-state index contributed by atoms with van der Waals surface area (Å²) < 4.78 is 34.2. The lowest BCUT2D eigenvalue weighted by atomic mass is 9.97. The number of carbonyl (C=O) groups excluding carboxylic acids is 1. The molecule has 1 fully saturated rings. The molecule has 3 rings (SSSR count). The van der Waals surface area contributed by atoms with Crippen molar-refractivity contribution in [1.82, 2.24) is 10.3 Å². The second kappa shape index (κ2) is 7.05. The zero-order chi connectivity index (χ0) is 17.0. The zero-order valence-electron chi connectivity index (χ0n) is 13.0. The molecule has 1 aromatic carbocycles. The van der Waals surface area contributed by atoms with Gasteiger partial charge in [0.2, 0.25) is 0 Å². The highest BCUT2D eigenvalue weighted by molar-refractivity contribution is 5.84. The largest absolute Gasteiger partial charge is 0.373 e. The van der Waals surface area contributed by atoms with Gasteiger partial charge in [-0.05, 0) is 30.5 Å². The predicted octanol–water partition coefficient (Wildman–Crippen LogP) is 3.21. The fourth-order valence-corrected chi connectivity index (χ4v) is 2.80. The summed E-state index contributed by atoms with van der Waals surface area (Å²) in [5.74, 6) is -4.86. The maximum Gasteiger partial charge on any atom is 0.349 e. The van der Waals surface area contributed by atoms with Gasteiger partial charge in [0, 0.05) is 30.6 Å². The van der Waals surface area contributed by atoms with Crippen molar-refractivity contribution in [2.45, 2.75) is 30.9 Å². The normalized spacial score (nSPS) is 21.2. The predicted molar refractivity (Wildman–Crippen MR) is 84.4 cm³/mol. The molecule has 24 heavy (non-hydrogen) atoms. The van der Waals surface area contributed by atoms with Crippen LogP contribution in [0.3, 0.4) is 0 Å². The zero-order valence-corrected chi connectivity index (χ0v) is 13.0. The number of nitrogens with one attached hydrogen (secondary N) is 1. The number of amides is 1. The van der Waals surface area contributed by atoms with E-state index >= 15 is 0 Å². The first-order valence-corrected chi connectivity index (χ1v) is 7.83. The van der Waals surface area contributed by atoms with Gasteiger partial charge in [-0.2, -0.15) is 8.78 Å². The van der Waals surface area contributed by atoms with Gasteiger partial charge in [0.05, 0.1) is 6.10 Å². The molecule has 0 bridgehead atoms. The minimum Gasteiger partial charge on any atom is -0.373 e. The second-order valence-electron chi connectivity index (χ2n) is 5.78. The number of nitrogens with zero attached hydrogens (tertiary/aromatic N) is 1. The molecule has 126 valence electrons. The van der Waals surface area contributed by atoms with Crippen LogP contribution in [0.15, 0.2) is 54.9 Å². The van der Waals surface area contributed by atoms with E-state index in [4.69, 9.17) is 4.74 Å². The number of aromatic nitrogens is 1. The first-order chi connectivity index (χ1) is 11.6. The molecule has 1 aliphatic rings. The summed E-state index contributed by atoms with van der Waals surface area (Å²) in [7, 11) is 0. The standard InChI is InChI=1S/C18H18F2N2O2/c19-18(20,14-6-9-21-10-7-14)17(23)22-15-8-11-24-16(12-15)13-4-2-1-3-5-13/h1-7,9-10,15-16H,8,11-12H2,(H,22,23). The van der Waals surface area contributed by atoms with Crippen LogP contribution >= 0.6 is 0 Å². The van der Waals surface area contributed by atoms with Crippen molar-refractivity contribution in [3.05, 3.63) is 66.0 Å². The summed E-state index contributed by atoms with van der Waals surface area (Å²) in [5.41, 5.74) is 0.624. The van der Waals surface area contributed by atoms with Gasteiger partial charge < -0.3 is 10.1 Å². The minimum absolute atomic E-state index is 0.195. The number of pyridine rings is 1. The molecule has 2 atom stereocenters. The Hall–Kier alpha value is -2.34. The highest BCUT2D eigenvalue weighted by atomic mass is 19.3. The lowest BCUT2D eigenvalue weighted by molar-refractivity contribution is -0.148. The number of benzene rings is 1. The molecule has 1 saturated heterocycles. The number of halogens is 2. The van der Waals surface area contributed by atoms with Crippen molar-refractivity contribution in [2.24, 2.45) is 0 Å². The van der Waals surface area contributed by atoms with Crippen LogP contribution in [0, 0.1) is 0 Å². The SMILES string of the molecule is O=C(NC1CCOC(c2ccccc2)C1)C(F)(F)c1ccncc1. The Bertz CT molecular complexity index is 680. The Morgan fingerprint density at radius 3 is 2.58 bits per heavy atom. The molecule has 0 spiro atoms. The van der Waals surface area contributed by atoms with Crippen molar-refractivity contribution in [2.75, 3.05) is 6.61 Å². The van der Waals surface area contributed by atoms with Crippen LogP contribution in [0.2, 0.25) is 0 Å². The van der Waals surface area contributed by atoms with Crippen LogP contribution in [0.4, 0.5) is 8.78 Å². The molecule has 1 aliphatic heterocycles. The van der Waals surface area contributed by atoms with Gasteiger partial charge >= 0.3 is 5.92 Å². The molecule has 1 aromatic heterocycles. The summed E-state index contributed by atoms with van der Waals surface area (Å²) in [6.07, 6.45) is 3.29. The van der Waals surface area contributed by atoms with Gasteiger partial charge in [-0.1, -0.05) is 30.3 Å². The quantitative estimate of drug-likeness (QED) is 0.935. The molecule has 2 unspecified atom stereocenters. The Labute approximate surface area is 138 Å². The number of carbonyl (C=O) groups is 1. The first-order valence-electron chi connectivity index (χ1n) is 7.83. The number of ether oxygens (including phenoxy) is 1. The molecule has 4 nitrogen and oxygen atoms in total. The van der Waals surface area contributed by atoms with E-state index in [1.54, 1.807) is 0 Å². The van der Waals surface area contributed by atoms with E-state index in [1.807, 2.05) is 30.3 Å².